The third-order valence-corrected chi connectivity index (χ3v) is 3.14. The molecule has 0 aliphatic rings. The predicted octanol–water partition coefficient (Wildman–Crippen LogP) is 5.28. The van der Waals surface area contributed by atoms with E-state index in [0.29, 0.717) is 12.2 Å². The molecule has 22 heavy (non-hydrogen) atoms. The molecule has 0 fully saturated rings. The maximum atomic E-state index is 10.7. The van der Waals surface area contributed by atoms with Crippen molar-refractivity contribution in [2.75, 3.05) is 12.9 Å². The molecule has 0 saturated carbocycles. The maximum Gasteiger partial charge on any atom is 0.333 e. The molecule has 0 spiro atoms. The van der Waals surface area contributed by atoms with Crippen molar-refractivity contribution in [3.8, 4) is 0 Å². The highest BCUT2D eigenvalue weighted by atomic mass is 32.2. The molecular formula is C18H29NO2S. The maximum absolute atomic E-state index is 10.7. The lowest BCUT2D eigenvalue weighted by molar-refractivity contribution is -0.138. The van der Waals surface area contributed by atoms with Gasteiger partial charge in [0.2, 0.25) is 0 Å². The van der Waals surface area contributed by atoms with Crippen molar-refractivity contribution < 1.29 is 9.53 Å². The predicted molar refractivity (Wildman–Crippen MR) is 98.1 cm³/mol. The van der Waals surface area contributed by atoms with E-state index in [2.05, 4.69) is 56.0 Å². The van der Waals surface area contributed by atoms with Crippen LogP contribution in [0, 0.1) is 12.3 Å². The summed E-state index contributed by atoms with van der Waals surface area (Å²) in [5, 5.41) is 6.65. The summed E-state index contributed by atoms with van der Waals surface area (Å²) >= 11 is 1.80. The van der Waals surface area contributed by atoms with Crippen LogP contribution in [0.25, 0.3) is 0 Å². The number of esters is 1. The van der Waals surface area contributed by atoms with Gasteiger partial charge in [-0.15, -0.1) is 11.8 Å². The van der Waals surface area contributed by atoms with Gasteiger partial charge in [-0.25, -0.2) is 4.79 Å². The van der Waals surface area contributed by atoms with Crippen molar-refractivity contribution in [3.63, 3.8) is 0 Å². The highest BCUT2D eigenvalue weighted by Crippen LogP contribution is 2.17. The Labute approximate surface area is 139 Å². The van der Waals surface area contributed by atoms with Crippen LogP contribution in [0.5, 0.6) is 0 Å². The summed E-state index contributed by atoms with van der Waals surface area (Å²) in [7, 11) is 0. The van der Waals surface area contributed by atoms with Crippen LogP contribution in [0.15, 0.2) is 40.8 Å². The smallest absolute Gasteiger partial charge is 0.333 e. The lowest BCUT2D eigenvalue weighted by Gasteiger charge is -1.98. The second-order valence-electron chi connectivity index (χ2n) is 4.41. The fourth-order valence-electron chi connectivity index (χ4n) is 1.22. The van der Waals surface area contributed by atoms with Gasteiger partial charge in [0.15, 0.2) is 0 Å². The van der Waals surface area contributed by atoms with E-state index in [4.69, 9.17) is 5.41 Å². The van der Waals surface area contributed by atoms with Crippen LogP contribution >= 0.6 is 11.8 Å². The van der Waals surface area contributed by atoms with Gasteiger partial charge >= 0.3 is 5.97 Å². The number of hydrogen-bond donors (Lipinski definition) is 1. The molecular weight excluding hydrogens is 294 g/mol. The first kappa shape index (κ1) is 22.7. The Morgan fingerprint density at radius 3 is 2.18 bits per heavy atom. The molecule has 0 amide bonds. The number of benzene rings is 1. The molecule has 0 unspecified atom stereocenters. The van der Waals surface area contributed by atoms with Crippen LogP contribution in [0.3, 0.4) is 0 Å². The number of nitrogens with one attached hydrogen (secondary N) is 1. The first-order valence-electron chi connectivity index (χ1n) is 7.42. The normalized spacial score (nSPS) is 9.64. The summed E-state index contributed by atoms with van der Waals surface area (Å²) in [4.78, 5) is 12.1. The SMILES string of the molecule is CCC.CCOC(=O)/C(C)=C/C=N.CSc1ccccc1C. The Morgan fingerprint density at radius 2 is 1.82 bits per heavy atom. The van der Waals surface area contributed by atoms with E-state index in [1.165, 1.54) is 23.0 Å². The molecule has 0 saturated heterocycles. The molecule has 3 nitrogen and oxygen atoms in total. The summed E-state index contributed by atoms with van der Waals surface area (Å²) in [5.41, 5.74) is 1.82. The molecule has 1 aromatic rings. The molecule has 0 aliphatic carbocycles. The van der Waals surface area contributed by atoms with E-state index in [9.17, 15) is 4.79 Å². The third-order valence-electron chi connectivity index (χ3n) is 2.24. The average molecular weight is 324 g/mol. The zero-order chi connectivity index (χ0) is 17.4. The van der Waals surface area contributed by atoms with E-state index in [1.54, 1.807) is 25.6 Å². The van der Waals surface area contributed by atoms with Gasteiger partial charge in [-0.05, 0) is 44.7 Å². The second kappa shape index (κ2) is 15.8. The van der Waals surface area contributed by atoms with E-state index in [1.807, 2.05) is 0 Å². The molecule has 1 rings (SSSR count). The number of hydrogen-bond acceptors (Lipinski definition) is 4. The minimum atomic E-state index is -0.356. The Bertz CT molecular complexity index is 456. The van der Waals surface area contributed by atoms with Crippen molar-refractivity contribution in [2.45, 2.75) is 45.9 Å². The van der Waals surface area contributed by atoms with Crippen molar-refractivity contribution in [1.29, 1.82) is 5.41 Å². The summed E-state index contributed by atoms with van der Waals surface area (Å²) in [5.74, 6) is -0.356. The Hall–Kier alpha value is -1.55. The van der Waals surface area contributed by atoms with Gasteiger partial charge in [0.1, 0.15) is 0 Å². The summed E-state index contributed by atoms with van der Waals surface area (Å²) in [6.07, 6.45) is 5.81. The quantitative estimate of drug-likeness (QED) is 0.355. The zero-order valence-corrected chi connectivity index (χ0v) is 15.4. The third kappa shape index (κ3) is 12.2. The Balaban J connectivity index is 0. The highest BCUT2D eigenvalue weighted by molar-refractivity contribution is 7.98. The van der Waals surface area contributed by atoms with Crippen molar-refractivity contribution >= 4 is 23.9 Å². The fraction of sp³-hybridized carbons (Fsp3) is 0.444. The van der Waals surface area contributed by atoms with Crippen LogP contribution in [0.4, 0.5) is 0 Å². The average Bonchev–Trinajstić information content (AvgIpc) is 2.50. The van der Waals surface area contributed by atoms with Crippen LogP contribution in [-0.2, 0) is 9.53 Å². The van der Waals surface area contributed by atoms with Crippen LogP contribution < -0.4 is 0 Å². The summed E-state index contributed by atoms with van der Waals surface area (Å²) < 4.78 is 4.65. The van der Waals surface area contributed by atoms with Gasteiger partial charge in [0.25, 0.3) is 0 Å². The van der Waals surface area contributed by atoms with E-state index >= 15 is 0 Å². The molecule has 1 aromatic carbocycles. The van der Waals surface area contributed by atoms with Gasteiger partial charge in [0, 0.05) is 16.7 Å². The van der Waals surface area contributed by atoms with Gasteiger partial charge < -0.3 is 10.1 Å². The van der Waals surface area contributed by atoms with Crippen molar-refractivity contribution in [3.05, 3.63) is 41.5 Å². The minimum absolute atomic E-state index is 0.356. The molecule has 0 aromatic heterocycles. The Kier molecular flexibility index (Phi) is 16.4. The molecule has 0 atom stereocenters. The first-order valence-corrected chi connectivity index (χ1v) is 8.64. The molecule has 0 heterocycles. The standard InChI is InChI=1S/C8H10S.C7H11NO2.C3H8/c1-7-5-3-4-6-8(7)9-2;1-3-10-7(9)6(2)4-5-8;1-3-2/h3-6H,1-2H3;4-5,8H,3H2,1-2H3;3H2,1-2H3/b;6-4+,8-5?;. The summed E-state index contributed by atoms with van der Waals surface area (Å²) in [6.45, 7) is 10.1. The van der Waals surface area contributed by atoms with E-state index < -0.39 is 0 Å². The minimum Gasteiger partial charge on any atom is -0.463 e. The number of thioether (sulfide) groups is 1. The van der Waals surface area contributed by atoms with Gasteiger partial charge in [-0.3, -0.25) is 0 Å². The molecule has 124 valence electrons. The van der Waals surface area contributed by atoms with E-state index in [-0.39, 0.29) is 5.97 Å². The number of aryl methyl sites for hydroxylation is 1. The largest absolute Gasteiger partial charge is 0.463 e. The van der Waals surface area contributed by atoms with Gasteiger partial charge in [-0.2, -0.15) is 0 Å². The van der Waals surface area contributed by atoms with Crippen LogP contribution in [0.2, 0.25) is 0 Å². The number of rotatable bonds is 4. The second-order valence-corrected chi connectivity index (χ2v) is 5.26. The molecule has 0 bridgehead atoms. The lowest BCUT2D eigenvalue weighted by Crippen LogP contribution is -2.04. The summed E-state index contributed by atoms with van der Waals surface area (Å²) in [6, 6.07) is 8.40. The molecule has 1 N–H and O–H groups in total. The van der Waals surface area contributed by atoms with Crippen LogP contribution in [-0.4, -0.2) is 25.0 Å². The number of carbonyl (C=O) groups excluding carboxylic acids is 1. The number of carbonyl (C=O) groups is 1. The molecule has 4 heteroatoms. The zero-order valence-electron chi connectivity index (χ0n) is 14.6. The van der Waals surface area contributed by atoms with Gasteiger partial charge in [-0.1, -0.05) is 38.5 Å². The highest BCUT2D eigenvalue weighted by Gasteiger charge is 2.01. The Morgan fingerprint density at radius 1 is 1.27 bits per heavy atom. The molecule has 0 aliphatic heterocycles. The number of ether oxygens (including phenoxy) is 1. The topological polar surface area (TPSA) is 50.2 Å². The van der Waals surface area contributed by atoms with Crippen molar-refractivity contribution in [2.24, 2.45) is 0 Å². The van der Waals surface area contributed by atoms with Crippen molar-refractivity contribution in [1.82, 2.24) is 0 Å². The molecule has 0 radical (unpaired) electrons. The lowest BCUT2D eigenvalue weighted by atomic mass is 10.2. The van der Waals surface area contributed by atoms with Crippen LogP contribution in [0.1, 0.15) is 39.7 Å². The monoisotopic (exact) mass is 323 g/mol. The number of allylic oxidation sites excluding steroid dienone is 1. The van der Waals surface area contributed by atoms with Gasteiger partial charge in [0.05, 0.1) is 6.61 Å². The fourth-order valence-corrected chi connectivity index (χ4v) is 1.83. The first-order chi connectivity index (χ1) is 10.5. The van der Waals surface area contributed by atoms with E-state index in [0.717, 1.165) is 6.21 Å².